The van der Waals surface area contributed by atoms with Crippen molar-refractivity contribution in [3.8, 4) is 78.1 Å². The van der Waals surface area contributed by atoms with Crippen molar-refractivity contribution in [2.45, 2.75) is 0 Å². The minimum absolute atomic E-state index is 1.08. The summed E-state index contributed by atoms with van der Waals surface area (Å²) in [5, 5.41) is 9.87. The van der Waals surface area contributed by atoms with E-state index in [-0.39, 0.29) is 0 Å². The van der Waals surface area contributed by atoms with Gasteiger partial charge in [-0.05, 0) is 222 Å². The van der Waals surface area contributed by atoms with Gasteiger partial charge in [-0.2, -0.15) is 0 Å². The number of nitrogens with zero attached hydrogens (tertiary/aromatic N) is 4. The number of hydrogen-bond acceptors (Lipinski definition) is 2. The van der Waals surface area contributed by atoms with Crippen LogP contribution in [-0.4, -0.2) is 9.13 Å². The molecule has 0 atom stereocenters. The average Bonchev–Trinajstić information content (AvgIpc) is 1.57. The minimum atomic E-state index is 1.08. The number of para-hydroxylation sites is 4. The summed E-state index contributed by atoms with van der Waals surface area (Å²) < 4.78 is 4.86. The van der Waals surface area contributed by atoms with Gasteiger partial charge in [0.15, 0.2) is 0 Å². The summed E-state index contributed by atoms with van der Waals surface area (Å²) in [4.78, 5) is 4.74. The van der Waals surface area contributed by atoms with Gasteiger partial charge in [0.25, 0.3) is 0 Å². The van der Waals surface area contributed by atoms with Crippen molar-refractivity contribution in [3.63, 3.8) is 0 Å². The van der Waals surface area contributed by atoms with Crippen LogP contribution in [0.1, 0.15) is 0 Å². The van der Waals surface area contributed by atoms with Crippen molar-refractivity contribution >= 4 is 99.3 Å². The highest BCUT2D eigenvalue weighted by molar-refractivity contribution is 6.27. The van der Waals surface area contributed by atoms with Crippen LogP contribution in [0.25, 0.3) is 143 Å². The molecule has 0 aliphatic carbocycles. The number of aromatic nitrogens is 2. The Morgan fingerprint density at radius 2 is 0.490 bits per heavy atom. The van der Waals surface area contributed by atoms with E-state index in [4.69, 9.17) is 0 Å². The molecular weight excluding hydrogens is 1230 g/mol. The zero-order valence-corrected chi connectivity index (χ0v) is 55.9. The Labute approximate surface area is 593 Å². The van der Waals surface area contributed by atoms with E-state index in [0.717, 1.165) is 67.8 Å². The molecule has 0 fully saturated rings. The lowest BCUT2D eigenvalue weighted by atomic mass is 9.94. The normalized spacial score (nSPS) is 11.5. The van der Waals surface area contributed by atoms with Crippen molar-refractivity contribution in [2.75, 3.05) is 9.80 Å². The molecule has 2 aromatic heterocycles. The zero-order valence-electron chi connectivity index (χ0n) is 55.9. The lowest BCUT2D eigenvalue weighted by Crippen LogP contribution is -2.09. The van der Waals surface area contributed by atoms with E-state index >= 15 is 0 Å². The number of hydrogen-bond donors (Lipinski definition) is 0. The maximum atomic E-state index is 2.44. The van der Waals surface area contributed by atoms with Gasteiger partial charge in [-0.15, -0.1) is 0 Å². The highest BCUT2D eigenvalue weighted by Crippen LogP contribution is 2.47. The van der Waals surface area contributed by atoms with E-state index in [1.54, 1.807) is 0 Å². The van der Waals surface area contributed by atoms with E-state index < -0.39 is 0 Å². The van der Waals surface area contributed by atoms with Crippen molar-refractivity contribution in [1.29, 1.82) is 0 Å². The van der Waals surface area contributed by atoms with Gasteiger partial charge in [0.05, 0.1) is 22.1 Å². The third-order valence-electron chi connectivity index (χ3n) is 20.4. The topological polar surface area (TPSA) is 16.3 Å². The second-order valence-corrected chi connectivity index (χ2v) is 26.4. The molecule has 4 heteroatoms. The van der Waals surface area contributed by atoms with E-state index in [2.05, 4.69) is 419 Å². The summed E-state index contributed by atoms with van der Waals surface area (Å²) in [5.41, 5.74) is 27.6. The molecule has 0 aliphatic rings. The van der Waals surface area contributed by atoms with Crippen molar-refractivity contribution in [2.24, 2.45) is 0 Å². The Bertz CT molecular complexity index is 6320. The van der Waals surface area contributed by atoms with Crippen molar-refractivity contribution in [1.82, 2.24) is 9.13 Å². The monoisotopic (exact) mass is 1300 g/mol. The molecule has 0 bridgehead atoms. The molecule has 0 spiro atoms. The van der Waals surface area contributed by atoms with Gasteiger partial charge >= 0.3 is 0 Å². The molecule has 0 saturated carbocycles. The molecule has 0 amide bonds. The van der Waals surface area contributed by atoms with E-state index in [0.29, 0.717) is 0 Å². The molecule has 17 aromatic carbocycles. The standard InChI is InChI=1S/C98H66N4/c1-6-23-67(24-7-1)68-49-56-83(57-50-68)99(79-30-8-2-9-31-79)85-38-20-29-77(66-85)89-42-22-44-92-97(89)98-90-60-53-75(64-78(90)55-62-94(98)102(92)82-36-14-5-15-37-82)70-47-45-69(46-48-70)73-26-18-27-74(63-73)71-51-58-84(59-52-71)100(80-32-10-3-11-33-80)86-39-19-28-76(65-86)88-41-21-43-91-96(88)95-87-40-17-16-25-72(87)54-61-93(95)101(91)81-34-12-4-13-35-81/h1-66H. The van der Waals surface area contributed by atoms with Crippen molar-refractivity contribution < 1.29 is 0 Å². The maximum Gasteiger partial charge on any atom is 0.0547 e. The summed E-state index contributed by atoms with van der Waals surface area (Å²) in [5.74, 6) is 0. The Balaban J connectivity index is 0.634. The SMILES string of the molecule is c1ccc(-c2ccc(N(c3ccccc3)c3cccc(-c4cccc5c4c4c6ccc(-c7ccc(-c8cccc(-c9ccc(N(c%10ccccc%10)c%10cccc(-c%11cccc%12c%11c%11c%13ccccc%13ccc%11n%12-c%11ccccc%11)c%10)cc9)c8)cc7)cc6ccc4n5-c4ccccc4)c3)cc2)cc1. The van der Waals surface area contributed by atoms with Gasteiger partial charge in [-0.3, -0.25) is 0 Å². The predicted molar refractivity (Wildman–Crippen MR) is 432 cm³/mol. The van der Waals surface area contributed by atoms with Gasteiger partial charge in [0.1, 0.15) is 0 Å². The van der Waals surface area contributed by atoms with E-state index in [9.17, 15) is 0 Å². The van der Waals surface area contributed by atoms with E-state index in [1.165, 1.54) is 110 Å². The third kappa shape index (κ3) is 10.6. The van der Waals surface area contributed by atoms with Crippen LogP contribution >= 0.6 is 0 Å². The largest absolute Gasteiger partial charge is 0.310 e. The Morgan fingerprint density at radius 3 is 0.990 bits per heavy atom. The van der Waals surface area contributed by atoms with Gasteiger partial charge < -0.3 is 18.9 Å². The summed E-state index contributed by atoms with van der Waals surface area (Å²) in [6.45, 7) is 0. The molecule has 4 nitrogen and oxygen atoms in total. The molecule has 0 N–H and O–H groups in total. The molecule has 19 aromatic rings. The first kappa shape index (κ1) is 59.7. The van der Waals surface area contributed by atoms with Gasteiger partial charge in [-0.25, -0.2) is 0 Å². The third-order valence-corrected chi connectivity index (χ3v) is 20.4. The van der Waals surface area contributed by atoms with Crippen LogP contribution < -0.4 is 9.80 Å². The van der Waals surface area contributed by atoms with Crippen LogP contribution in [0.15, 0.2) is 400 Å². The number of rotatable bonds is 14. The molecule has 0 unspecified atom stereocenters. The second kappa shape index (κ2) is 25.4. The fraction of sp³-hybridized carbons (Fsp3) is 0. The van der Waals surface area contributed by atoms with Crippen molar-refractivity contribution in [3.05, 3.63) is 400 Å². The van der Waals surface area contributed by atoms with Gasteiger partial charge in [-0.1, -0.05) is 267 Å². The molecule has 102 heavy (non-hydrogen) atoms. The lowest BCUT2D eigenvalue weighted by Gasteiger charge is -2.26. The molecule has 478 valence electrons. The Morgan fingerprint density at radius 1 is 0.167 bits per heavy atom. The molecule has 2 heterocycles. The van der Waals surface area contributed by atoms with Crippen LogP contribution in [0.3, 0.4) is 0 Å². The van der Waals surface area contributed by atoms with Crippen LogP contribution in [0.4, 0.5) is 34.1 Å². The van der Waals surface area contributed by atoms with Gasteiger partial charge in [0, 0.05) is 67.0 Å². The summed E-state index contributed by atoms with van der Waals surface area (Å²) >= 11 is 0. The van der Waals surface area contributed by atoms with Gasteiger partial charge in [0.2, 0.25) is 0 Å². The smallest absolute Gasteiger partial charge is 0.0547 e. The average molecular weight is 1300 g/mol. The fourth-order valence-electron chi connectivity index (χ4n) is 15.7. The maximum absolute atomic E-state index is 2.44. The molecule has 19 rings (SSSR count). The quantitative estimate of drug-likeness (QED) is 0.108. The first-order valence-corrected chi connectivity index (χ1v) is 35.0. The zero-order chi connectivity index (χ0) is 67.5. The summed E-state index contributed by atoms with van der Waals surface area (Å²) in [6, 6.07) is 146. The highest BCUT2D eigenvalue weighted by Gasteiger charge is 2.23. The predicted octanol–water partition coefficient (Wildman–Crippen LogP) is 27.1. The first-order valence-electron chi connectivity index (χ1n) is 35.0. The fourth-order valence-corrected chi connectivity index (χ4v) is 15.7. The first-order chi connectivity index (χ1) is 50.6. The van der Waals surface area contributed by atoms with Crippen LogP contribution in [0.2, 0.25) is 0 Å². The molecule has 0 saturated heterocycles. The highest BCUT2D eigenvalue weighted by atomic mass is 15.1. The summed E-state index contributed by atoms with van der Waals surface area (Å²) in [7, 11) is 0. The van der Waals surface area contributed by atoms with Crippen LogP contribution in [-0.2, 0) is 0 Å². The Kier molecular flexibility index (Phi) is 14.9. The molecule has 0 radical (unpaired) electrons. The van der Waals surface area contributed by atoms with Crippen LogP contribution in [0.5, 0.6) is 0 Å². The second-order valence-electron chi connectivity index (χ2n) is 26.4. The number of benzene rings is 17. The number of fused-ring (bicyclic) bond motifs is 10. The van der Waals surface area contributed by atoms with Crippen LogP contribution in [0, 0.1) is 0 Å². The molecular formula is C98H66N4. The molecule has 0 aliphatic heterocycles. The lowest BCUT2D eigenvalue weighted by molar-refractivity contribution is 1.18. The number of anilines is 6. The minimum Gasteiger partial charge on any atom is -0.310 e. The Hall–Kier alpha value is -13.5. The van der Waals surface area contributed by atoms with E-state index in [1.807, 2.05) is 0 Å². The summed E-state index contributed by atoms with van der Waals surface area (Å²) in [6.07, 6.45) is 0.